The molecule has 0 spiro atoms. The van der Waals surface area contributed by atoms with Crippen LogP contribution in [-0.2, 0) is 0 Å². The first-order chi connectivity index (χ1) is 17.9. The monoisotopic (exact) mass is 508 g/mol. The average Bonchev–Trinajstić information content (AvgIpc) is 3.38. The number of pyridine rings is 1. The Morgan fingerprint density at radius 1 is 1.03 bits per heavy atom. The lowest BCUT2D eigenvalue weighted by molar-refractivity contribution is 0.0855. The van der Waals surface area contributed by atoms with E-state index in [1.54, 1.807) is 16.8 Å². The number of halogens is 3. The van der Waals surface area contributed by atoms with Gasteiger partial charge in [0.15, 0.2) is 5.82 Å². The molecular formula is C26H27F3N8. The van der Waals surface area contributed by atoms with Crippen molar-refractivity contribution in [3.05, 3.63) is 59.3 Å². The molecule has 37 heavy (non-hydrogen) atoms. The van der Waals surface area contributed by atoms with Gasteiger partial charge in [0.2, 0.25) is 0 Å². The third-order valence-electron chi connectivity index (χ3n) is 7.31. The normalized spacial score (nSPS) is 19.4. The van der Waals surface area contributed by atoms with E-state index >= 15 is 0 Å². The maximum atomic E-state index is 14.8. The molecule has 1 aliphatic rings. The minimum absolute atomic E-state index is 0.0583. The molecule has 11 heteroatoms. The molecule has 3 atom stereocenters. The van der Waals surface area contributed by atoms with Gasteiger partial charge in [-0.1, -0.05) is 20.8 Å². The lowest BCUT2D eigenvalue weighted by Gasteiger charge is -2.49. The molecule has 0 saturated carbocycles. The van der Waals surface area contributed by atoms with Gasteiger partial charge in [0.25, 0.3) is 5.78 Å². The molecule has 0 N–H and O–H groups in total. The summed E-state index contributed by atoms with van der Waals surface area (Å²) in [6.07, 6.45) is 3.48. The smallest absolute Gasteiger partial charge is 0.257 e. The first-order valence-electron chi connectivity index (χ1n) is 12.5. The lowest BCUT2D eigenvalue weighted by Crippen LogP contribution is -2.59. The molecule has 3 aromatic heterocycles. The Hall–Kier alpha value is -3.78. The van der Waals surface area contributed by atoms with Crippen molar-refractivity contribution in [3.8, 4) is 6.07 Å². The Balaban J connectivity index is 1.59. The highest BCUT2D eigenvalue weighted by molar-refractivity contribution is 5.88. The van der Waals surface area contributed by atoms with Gasteiger partial charge in [-0.05, 0) is 31.4 Å². The Kier molecular flexibility index (Phi) is 6.69. The first-order valence-corrected chi connectivity index (χ1v) is 12.5. The van der Waals surface area contributed by atoms with E-state index in [0.29, 0.717) is 36.6 Å². The summed E-state index contributed by atoms with van der Waals surface area (Å²) in [7, 11) is 0. The van der Waals surface area contributed by atoms with E-state index in [-0.39, 0.29) is 23.3 Å². The molecule has 0 amide bonds. The highest BCUT2D eigenvalue weighted by Crippen LogP contribution is 2.37. The zero-order valence-corrected chi connectivity index (χ0v) is 20.9. The van der Waals surface area contributed by atoms with Crippen LogP contribution in [-0.4, -0.2) is 54.6 Å². The van der Waals surface area contributed by atoms with Crippen LogP contribution >= 0.6 is 0 Å². The Labute approximate surface area is 212 Å². The zero-order valence-electron chi connectivity index (χ0n) is 20.9. The van der Waals surface area contributed by atoms with Crippen molar-refractivity contribution in [2.24, 2.45) is 0 Å². The molecular weight excluding hydrogens is 481 g/mol. The predicted molar refractivity (Wildman–Crippen MR) is 132 cm³/mol. The molecule has 1 aliphatic heterocycles. The molecule has 0 aliphatic carbocycles. The quantitative estimate of drug-likeness (QED) is 0.370. The van der Waals surface area contributed by atoms with Crippen LogP contribution in [0.5, 0.6) is 0 Å². The molecule has 1 aromatic carbocycles. The maximum Gasteiger partial charge on any atom is 0.257 e. The number of hydrogen-bond acceptors (Lipinski definition) is 7. The van der Waals surface area contributed by atoms with Gasteiger partial charge in [-0.2, -0.15) is 10.2 Å². The van der Waals surface area contributed by atoms with Crippen molar-refractivity contribution in [2.45, 2.75) is 58.2 Å². The van der Waals surface area contributed by atoms with Gasteiger partial charge < -0.3 is 4.90 Å². The summed E-state index contributed by atoms with van der Waals surface area (Å²) in [5, 5.41) is 17.6. The van der Waals surface area contributed by atoms with Crippen LogP contribution in [0.4, 0.5) is 19.0 Å². The van der Waals surface area contributed by atoms with Crippen molar-refractivity contribution in [3.63, 3.8) is 0 Å². The SMILES string of the molecule is CC[C@H]1CN([C@@H](CC)c2c(F)cc(F)cc2F)[C@H](CC)CN1c1nc2nncn2c2ccc(C#N)nc12. The lowest BCUT2D eigenvalue weighted by atomic mass is 9.94. The van der Waals surface area contributed by atoms with Crippen molar-refractivity contribution in [2.75, 3.05) is 18.0 Å². The summed E-state index contributed by atoms with van der Waals surface area (Å²) in [4.78, 5) is 13.7. The van der Waals surface area contributed by atoms with E-state index in [4.69, 9.17) is 4.98 Å². The molecule has 1 fully saturated rings. The third-order valence-corrected chi connectivity index (χ3v) is 7.31. The summed E-state index contributed by atoms with van der Waals surface area (Å²) < 4.78 is 45.1. The standard InChI is InChI=1S/C26H27F3N8/c1-4-17-13-36(25-24-22(8-7-16(11-30)32-24)37-14-31-34-26(37)33-25)18(5-2)12-35(17)21(6-3)23-19(28)9-15(27)10-20(23)29/h7-10,14,17-18,21H,4-6,12-13H2,1-3H3/t17-,18+,21+/m1/s1. The number of nitrogens with zero attached hydrogens (tertiary/aromatic N) is 8. The molecule has 1 saturated heterocycles. The van der Waals surface area contributed by atoms with E-state index in [1.165, 1.54) is 0 Å². The molecule has 192 valence electrons. The van der Waals surface area contributed by atoms with Crippen LogP contribution in [0, 0.1) is 28.8 Å². The van der Waals surface area contributed by atoms with E-state index < -0.39 is 23.5 Å². The fraction of sp³-hybridized carbons (Fsp3) is 0.423. The first kappa shape index (κ1) is 24.9. The summed E-state index contributed by atoms with van der Waals surface area (Å²) in [5.74, 6) is -1.64. The van der Waals surface area contributed by atoms with E-state index in [2.05, 4.69) is 31.1 Å². The molecule has 0 radical (unpaired) electrons. The largest absolute Gasteiger partial charge is 0.349 e. The van der Waals surface area contributed by atoms with Gasteiger partial charge in [0.05, 0.1) is 5.52 Å². The number of fused-ring (bicyclic) bond motifs is 3. The molecule has 0 bridgehead atoms. The van der Waals surface area contributed by atoms with Gasteiger partial charge >= 0.3 is 0 Å². The highest BCUT2D eigenvalue weighted by atomic mass is 19.1. The number of hydrogen-bond donors (Lipinski definition) is 0. The van der Waals surface area contributed by atoms with Crippen molar-refractivity contribution < 1.29 is 13.2 Å². The minimum atomic E-state index is -0.928. The Bertz CT molecular complexity index is 1470. The second kappa shape index (κ2) is 9.94. The van der Waals surface area contributed by atoms with Gasteiger partial charge in [-0.25, -0.2) is 18.2 Å². The number of aromatic nitrogens is 5. The molecule has 5 rings (SSSR count). The van der Waals surface area contributed by atoms with Crippen LogP contribution in [0.3, 0.4) is 0 Å². The molecule has 4 aromatic rings. The van der Waals surface area contributed by atoms with Gasteiger partial charge in [-0.3, -0.25) is 9.30 Å². The maximum absolute atomic E-state index is 14.8. The summed E-state index contributed by atoms with van der Waals surface area (Å²) in [5.41, 5.74) is 1.47. The predicted octanol–water partition coefficient (Wildman–Crippen LogP) is 4.79. The topological polar surface area (TPSA) is 86.2 Å². The van der Waals surface area contributed by atoms with Gasteiger partial charge in [0.1, 0.15) is 41.1 Å². The van der Waals surface area contributed by atoms with E-state index in [0.717, 1.165) is 30.5 Å². The second-order valence-corrected chi connectivity index (χ2v) is 9.29. The summed E-state index contributed by atoms with van der Waals surface area (Å²) in [6.45, 7) is 7.01. The number of rotatable bonds is 6. The average molecular weight is 509 g/mol. The van der Waals surface area contributed by atoms with Crippen LogP contribution in [0.15, 0.2) is 30.6 Å². The van der Waals surface area contributed by atoms with E-state index in [1.807, 2.05) is 26.8 Å². The van der Waals surface area contributed by atoms with Crippen LogP contribution < -0.4 is 4.90 Å². The van der Waals surface area contributed by atoms with Crippen LogP contribution in [0.25, 0.3) is 16.8 Å². The Morgan fingerprint density at radius 3 is 2.41 bits per heavy atom. The van der Waals surface area contributed by atoms with Gasteiger partial charge in [0, 0.05) is 48.9 Å². The van der Waals surface area contributed by atoms with Crippen molar-refractivity contribution in [1.29, 1.82) is 5.26 Å². The van der Waals surface area contributed by atoms with Crippen molar-refractivity contribution >= 4 is 22.6 Å². The zero-order chi connectivity index (χ0) is 26.3. The number of piperazine rings is 1. The number of benzene rings is 1. The van der Waals surface area contributed by atoms with Gasteiger partial charge in [-0.15, -0.1) is 10.2 Å². The number of nitriles is 1. The van der Waals surface area contributed by atoms with Crippen LogP contribution in [0.1, 0.15) is 57.3 Å². The molecule has 4 heterocycles. The molecule has 8 nitrogen and oxygen atoms in total. The van der Waals surface area contributed by atoms with E-state index in [9.17, 15) is 18.4 Å². The fourth-order valence-corrected chi connectivity index (χ4v) is 5.50. The Morgan fingerprint density at radius 2 is 1.76 bits per heavy atom. The van der Waals surface area contributed by atoms with Crippen LogP contribution in [0.2, 0.25) is 0 Å². The summed E-state index contributed by atoms with van der Waals surface area (Å²) in [6, 6.07) is 6.37. The summed E-state index contributed by atoms with van der Waals surface area (Å²) >= 11 is 0. The second-order valence-electron chi connectivity index (χ2n) is 9.29. The fourth-order valence-electron chi connectivity index (χ4n) is 5.50. The molecule has 0 unspecified atom stereocenters. The third kappa shape index (κ3) is 4.25. The number of anilines is 1. The minimum Gasteiger partial charge on any atom is -0.349 e. The van der Waals surface area contributed by atoms with Crippen molar-refractivity contribution in [1.82, 2.24) is 29.5 Å². The highest BCUT2D eigenvalue weighted by Gasteiger charge is 2.39.